The van der Waals surface area contributed by atoms with Crippen LogP contribution in [0.3, 0.4) is 0 Å². The summed E-state index contributed by atoms with van der Waals surface area (Å²) in [4.78, 5) is 0. The molecule has 1 saturated heterocycles. The first-order valence-corrected chi connectivity index (χ1v) is 5.76. The maximum atomic E-state index is 13.1. The quantitative estimate of drug-likeness (QED) is 0.867. The Morgan fingerprint density at radius 1 is 1.44 bits per heavy atom. The SMILES string of the molecule is OC(c1cc(F)cc(Cl)c1)C1CCCOC1. The molecular weight excluding hydrogens is 231 g/mol. The number of rotatable bonds is 2. The number of hydrogen-bond donors (Lipinski definition) is 1. The van der Waals surface area contributed by atoms with Crippen molar-refractivity contribution in [3.05, 3.63) is 34.6 Å². The van der Waals surface area contributed by atoms with Gasteiger partial charge in [0.25, 0.3) is 0 Å². The van der Waals surface area contributed by atoms with Gasteiger partial charge in [0, 0.05) is 17.5 Å². The highest BCUT2D eigenvalue weighted by atomic mass is 35.5. The van der Waals surface area contributed by atoms with Gasteiger partial charge in [0.05, 0.1) is 12.7 Å². The van der Waals surface area contributed by atoms with E-state index in [-0.39, 0.29) is 5.92 Å². The van der Waals surface area contributed by atoms with Crippen LogP contribution in [0.15, 0.2) is 18.2 Å². The van der Waals surface area contributed by atoms with Gasteiger partial charge in [-0.05, 0) is 36.6 Å². The molecule has 1 fully saturated rings. The van der Waals surface area contributed by atoms with Gasteiger partial charge in [0.2, 0.25) is 0 Å². The Bertz CT molecular complexity index is 344. The minimum Gasteiger partial charge on any atom is -0.388 e. The van der Waals surface area contributed by atoms with E-state index in [1.807, 2.05) is 0 Å². The second-order valence-electron chi connectivity index (χ2n) is 4.12. The Labute approximate surface area is 99.0 Å². The van der Waals surface area contributed by atoms with Crippen molar-refractivity contribution in [2.45, 2.75) is 18.9 Å². The molecule has 1 N–H and O–H groups in total. The van der Waals surface area contributed by atoms with Crippen LogP contribution in [-0.2, 0) is 4.74 Å². The zero-order valence-electron chi connectivity index (χ0n) is 8.83. The molecule has 0 aromatic heterocycles. The van der Waals surface area contributed by atoms with Crippen LogP contribution in [0.2, 0.25) is 5.02 Å². The van der Waals surface area contributed by atoms with Gasteiger partial charge < -0.3 is 9.84 Å². The van der Waals surface area contributed by atoms with E-state index < -0.39 is 11.9 Å². The van der Waals surface area contributed by atoms with E-state index in [9.17, 15) is 9.50 Å². The zero-order valence-corrected chi connectivity index (χ0v) is 9.58. The summed E-state index contributed by atoms with van der Waals surface area (Å²) in [6, 6.07) is 4.16. The Balaban J connectivity index is 2.15. The Morgan fingerprint density at radius 2 is 2.25 bits per heavy atom. The summed E-state index contributed by atoms with van der Waals surface area (Å²) in [5.41, 5.74) is 0.528. The molecule has 16 heavy (non-hydrogen) atoms. The van der Waals surface area contributed by atoms with Crippen molar-refractivity contribution in [3.8, 4) is 0 Å². The predicted molar refractivity (Wildman–Crippen MR) is 59.9 cm³/mol. The van der Waals surface area contributed by atoms with Gasteiger partial charge in [-0.3, -0.25) is 0 Å². The van der Waals surface area contributed by atoms with Gasteiger partial charge in [0.15, 0.2) is 0 Å². The molecule has 1 aliphatic rings. The second kappa shape index (κ2) is 5.13. The van der Waals surface area contributed by atoms with Crippen molar-refractivity contribution in [2.24, 2.45) is 5.92 Å². The fourth-order valence-electron chi connectivity index (χ4n) is 2.03. The highest BCUT2D eigenvalue weighted by Crippen LogP contribution is 2.30. The third-order valence-corrected chi connectivity index (χ3v) is 3.09. The third kappa shape index (κ3) is 2.73. The summed E-state index contributed by atoms with van der Waals surface area (Å²) in [7, 11) is 0. The number of halogens is 2. The highest BCUT2D eigenvalue weighted by molar-refractivity contribution is 6.30. The number of aliphatic hydroxyl groups excluding tert-OH is 1. The van der Waals surface area contributed by atoms with Crippen LogP contribution in [0.25, 0.3) is 0 Å². The maximum Gasteiger partial charge on any atom is 0.125 e. The molecule has 88 valence electrons. The lowest BCUT2D eigenvalue weighted by Gasteiger charge is -2.27. The minimum atomic E-state index is -0.700. The molecule has 0 spiro atoms. The topological polar surface area (TPSA) is 29.5 Å². The highest BCUT2D eigenvalue weighted by Gasteiger charge is 2.24. The van der Waals surface area contributed by atoms with E-state index in [0.717, 1.165) is 19.4 Å². The molecule has 0 saturated carbocycles. The van der Waals surface area contributed by atoms with Crippen LogP contribution in [0.4, 0.5) is 4.39 Å². The van der Waals surface area contributed by atoms with Crippen molar-refractivity contribution in [1.82, 2.24) is 0 Å². The summed E-state index contributed by atoms with van der Waals surface area (Å²) in [5.74, 6) is -0.384. The largest absolute Gasteiger partial charge is 0.388 e. The Morgan fingerprint density at radius 3 is 2.88 bits per heavy atom. The molecule has 2 atom stereocenters. The Kier molecular flexibility index (Phi) is 3.79. The molecule has 0 aliphatic carbocycles. The van der Waals surface area contributed by atoms with Crippen molar-refractivity contribution in [1.29, 1.82) is 0 Å². The first-order chi connectivity index (χ1) is 7.66. The summed E-state index contributed by atoms with van der Waals surface area (Å²) in [6.07, 6.45) is 1.13. The normalized spacial score (nSPS) is 23.1. The predicted octanol–water partition coefficient (Wildman–Crippen LogP) is 2.94. The van der Waals surface area contributed by atoms with E-state index in [1.54, 1.807) is 6.07 Å². The smallest absolute Gasteiger partial charge is 0.125 e. The molecule has 0 radical (unpaired) electrons. The number of ether oxygens (including phenoxy) is 1. The monoisotopic (exact) mass is 244 g/mol. The minimum absolute atomic E-state index is 0.0339. The molecular formula is C12H14ClFO2. The van der Waals surface area contributed by atoms with Crippen LogP contribution in [0.1, 0.15) is 24.5 Å². The molecule has 2 unspecified atom stereocenters. The molecule has 2 rings (SSSR count). The summed E-state index contributed by atoms with van der Waals surface area (Å²) >= 11 is 5.75. The van der Waals surface area contributed by atoms with Crippen LogP contribution in [-0.4, -0.2) is 18.3 Å². The molecule has 1 aromatic rings. The molecule has 1 aromatic carbocycles. The van der Waals surface area contributed by atoms with Gasteiger partial charge in [-0.2, -0.15) is 0 Å². The number of benzene rings is 1. The summed E-state index contributed by atoms with van der Waals surface area (Å²) < 4.78 is 18.4. The van der Waals surface area contributed by atoms with Crippen molar-refractivity contribution >= 4 is 11.6 Å². The average molecular weight is 245 g/mol. The fourth-order valence-corrected chi connectivity index (χ4v) is 2.26. The van der Waals surface area contributed by atoms with E-state index in [4.69, 9.17) is 16.3 Å². The van der Waals surface area contributed by atoms with Gasteiger partial charge >= 0.3 is 0 Å². The lowest BCUT2D eigenvalue weighted by molar-refractivity contribution is -0.0101. The van der Waals surface area contributed by atoms with Crippen LogP contribution in [0.5, 0.6) is 0 Å². The van der Waals surface area contributed by atoms with Gasteiger partial charge in [0.1, 0.15) is 5.82 Å². The summed E-state index contributed by atoms with van der Waals surface area (Å²) in [6.45, 7) is 1.27. The van der Waals surface area contributed by atoms with Crippen molar-refractivity contribution < 1.29 is 14.2 Å². The van der Waals surface area contributed by atoms with E-state index in [1.165, 1.54) is 12.1 Å². The first-order valence-electron chi connectivity index (χ1n) is 5.38. The van der Waals surface area contributed by atoms with E-state index in [0.29, 0.717) is 17.2 Å². The second-order valence-corrected chi connectivity index (χ2v) is 4.56. The van der Waals surface area contributed by atoms with Crippen LogP contribution < -0.4 is 0 Å². The fraction of sp³-hybridized carbons (Fsp3) is 0.500. The standard InChI is InChI=1S/C12H14ClFO2/c13-10-4-9(5-11(14)6-10)12(15)8-2-1-3-16-7-8/h4-6,8,12,15H,1-3,7H2. The molecule has 2 nitrogen and oxygen atoms in total. The molecule has 0 bridgehead atoms. The van der Waals surface area contributed by atoms with Gasteiger partial charge in [-0.1, -0.05) is 11.6 Å². The molecule has 1 heterocycles. The third-order valence-electron chi connectivity index (χ3n) is 2.87. The van der Waals surface area contributed by atoms with E-state index in [2.05, 4.69) is 0 Å². The summed E-state index contributed by atoms with van der Waals surface area (Å²) in [5, 5.41) is 10.4. The van der Waals surface area contributed by atoms with E-state index >= 15 is 0 Å². The Hall–Kier alpha value is -0.640. The van der Waals surface area contributed by atoms with Crippen molar-refractivity contribution in [2.75, 3.05) is 13.2 Å². The molecule has 1 aliphatic heterocycles. The first kappa shape index (κ1) is 11.8. The molecule has 0 amide bonds. The van der Waals surface area contributed by atoms with Crippen LogP contribution >= 0.6 is 11.6 Å². The number of aliphatic hydroxyl groups is 1. The molecule has 4 heteroatoms. The van der Waals surface area contributed by atoms with Gasteiger partial charge in [-0.25, -0.2) is 4.39 Å². The average Bonchev–Trinajstić information content (AvgIpc) is 2.28. The lowest BCUT2D eigenvalue weighted by atomic mass is 9.91. The van der Waals surface area contributed by atoms with Crippen LogP contribution in [0, 0.1) is 11.7 Å². The zero-order chi connectivity index (χ0) is 11.5. The lowest BCUT2D eigenvalue weighted by Crippen LogP contribution is -2.23. The van der Waals surface area contributed by atoms with Crippen molar-refractivity contribution in [3.63, 3.8) is 0 Å². The number of hydrogen-bond acceptors (Lipinski definition) is 2. The maximum absolute atomic E-state index is 13.1. The van der Waals surface area contributed by atoms with Gasteiger partial charge in [-0.15, -0.1) is 0 Å².